The second-order valence-corrected chi connectivity index (χ2v) is 20.2. The first-order valence-electron chi connectivity index (χ1n) is 23.7. The van der Waals surface area contributed by atoms with Crippen LogP contribution >= 0.6 is 0 Å². The number of hydrogen-bond donors (Lipinski definition) is 0. The van der Waals surface area contributed by atoms with Crippen molar-refractivity contribution in [3.8, 4) is 11.1 Å². The van der Waals surface area contributed by atoms with Crippen LogP contribution in [-0.4, -0.2) is 12.4 Å². The summed E-state index contributed by atoms with van der Waals surface area (Å²) < 4.78 is 65.9. The fraction of sp³-hybridized carbons (Fsp3) is 0.295. The largest absolute Gasteiger partial charge is 0.247 e. The summed E-state index contributed by atoms with van der Waals surface area (Å²) in [5.74, 6) is -6.19. The molecule has 342 valence electrons. The molecule has 0 fully saturated rings. The predicted molar refractivity (Wildman–Crippen MR) is 279 cm³/mol. The summed E-state index contributed by atoms with van der Waals surface area (Å²) in [6.07, 6.45) is 5.48. The van der Waals surface area contributed by atoms with Gasteiger partial charge in [0.25, 0.3) is 0 Å². The van der Waals surface area contributed by atoms with E-state index >= 15 is 17.6 Å². The fourth-order valence-electron chi connectivity index (χ4n) is 11.8. The molecule has 0 bridgehead atoms. The molecule has 0 N–H and O–H groups in total. The van der Waals surface area contributed by atoms with Crippen LogP contribution < -0.4 is 0 Å². The van der Waals surface area contributed by atoms with Gasteiger partial charge in [0.05, 0.1) is 17.0 Å². The SMILES string of the molecule is CB(C)CCC1C(/C(=C2N=C(/C=C/c3c(C)cc(C)cc3C)C(c3c(C)cc(C)cc3C)=C\2C)c2c(F)c(F)cc(F)c2F)=C(C)c2c1cc(-c1c(C)cc(C)cc1C)c1cc(C)cc(C)c21. The van der Waals surface area contributed by atoms with Crippen molar-refractivity contribution in [1.82, 2.24) is 0 Å². The molecule has 1 atom stereocenters. The molecule has 6 aromatic rings. The van der Waals surface area contributed by atoms with E-state index < -0.39 is 34.8 Å². The zero-order valence-electron chi connectivity index (χ0n) is 42.0. The quantitative estimate of drug-likeness (QED) is 0.0779. The minimum atomic E-state index is -1.46. The summed E-state index contributed by atoms with van der Waals surface area (Å²) in [6.45, 7) is 31.7. The standard InChI is InChI=1S/C61H62BF4N/c1-30-20-34(5)43(35(6)21-30)16-17-50-56(52-38(9)24-32(3)25-39(52)10)42(13)61(67-50)57(58-59(65)48(63)29-49(64)60(58)66)54-41(12)55-46(44(54)18-19-62(14)15)28-47(45-27-33(4)26-40(11)53(45)55)51-36(7)22-31(2)23-37(51)8/h16-17,20-29,44H,18-19H2,1-15H3/b17-16+,61-57+. The Morgan fingerprint density at radius 2 is 1.04 bits per heavy atom. The van der Waals surface area contributed by atoms with E-state index in [-0.39, 0.29) is 5.57 Å². The molecule has 6 heteroatoms. The first kappa shape index (κ1) is 47.5. The maximum absolute atomic E-state index is 17.1. The number of fused-ring (bicyclic) bond motifs is 3. The lowest BCUT2D eigenvalue weighted by Gasteiger charge is -2.24. The van der Waals surface area contributed by atoms with Crippen molar-refractivity contribution in [2.45, 2.75) is 122 Å². The fourth-order valence-corrected chi connectivity index (χ4v) is 11.8. The van der Waals surface area contributed by atoms with Gasteiger partial charge >= 0.3 is 0 Å². The van der Waals surface area contributed by atoms with Gasteiger partial charge in [-0.2, -0.15) is 0 Å². The van der Waals surface area contributed by atoms with E-state index in [4.69, 9.17) is 4.99 Å². The molecule has 0 radical (unpaired) electrons. The van der Waals surface area contributed by atoms with E-state index in [1.165, 1.54) is 5.56 Å². The van der Waals surface area contributed by atoms with E-state index in [1.807, 2.05) is 19.9 Å². The van der Waals surface area contributed by atoms with Crippen LogP contribution in [0.3, 0.4) is 0 Å². The lowest BCUT2D eigenvalue weighted by Crippen LogP contribution is -2.11. The Morgan fingerprint density at radius 3 is 1.58 bits per heavy atom. The summed E-state index contributed by atoms with van der Waals surface area (Å²) >= 11 is 0. The number of aryl methyl sites for hydroxylation is 11. The van der Waals surface area contributed by atoms with Crippen LogP contribution in [0.4, 0.5) is 17.6 Å². The molecular formula is C61H62BF4N. The number of allylic oxidation sites excluding steroid dienone is 6. The van der Waals surface area contributed by atoms with Gasteiger partial charge in [0.2, 0.25) is 0 Å². The first-order chi connectivity index (χ1) is 31.6. The van der Waals surface area contributed by atoms with Crippen LogP contribution in [0.1, 0.15) is 115 Å². The Bertz CT molecular complexity index is 3180. The first-order valence-corrected chi connectivity index (χ1v) is 23.7. The molecular weight excluding hydrogens is 833 g/mol. The second-order valence-electron chi connectivity index (χ2n) is 20.2. The van der Waals surface area contributed by atoms with Gasteiger partial charge in [0.1, 0.15) is 6.71 Å². The van der Waals surface area contributed by atoms with Crippen LogP contribution in [0.15, 0.2) is 88.6 Å². The lowest BCUT2D eigenvalue weighted by molar-refractivity contribution is 0.450. The number of halogens is 4. The Labute approximate surface area is 396 Å². The van der Waals surface area contributed by atoms with Crippen molar-refractivity contribution in [2.24, 2.45) is 4.99 Å². The molecule has 1 aliphatic heterocycles. The molecule has 0 saturated heterocycles. The van der Waals surface area contributed by atoms with Crippen molar-refractivity contribution in [2.75, 3.05) is 0 Å². The molecule has 8 rings (SSSR count). The number of hydrogen-bond acceptors (Lipinski definition) is 1. The van der Waals surface area contributed by atoms with Gasteiger partial charge in [0, 0.05) is 23.1 Å². The summed E-state index contributed by atoms with van der Waals surface area (Å²) in [5.41, 5.74) is 21.8. The minimum absolute atomic E-state index is 0.0848. The topological polar surface area (TPSA) is 12.4 Å². The van der Waals surface area contributed by atoms with Crippen LogP contribution in [-0.2, 0) is 0 Å². The van der Waals surface area contributed by atoms with E-state index in [0.717, 1.165) is 117 Å². The van der Waals surface area contributed by atoms with Gasteiger partial charge in [-0.05, 0) is 208 Å². The highest BCUT2D eigenvalue weighted by molar-refractivity contribution is 6.55. The molecule has 1 unspecified atom stereocenters. The van der Waals surface area contributed by atoms with E-state index in [1.54, 1.807) is 0 Å². The summed E-state index contributed by atoms with van der Waals surface area (Å²) in [5, 5.41) is 2.16. The third kappa shape index (κ3) is 8.29. The maximum Gasteiger partial charge on any atom is 0.169 e. The van der Waals surface area contributed by atoms with Crippen molar-refractivity contribution in [3.63, 3.8) is 0 Å². The van der Waals surface area contributed by atoms with Crippen LogP contribution in [0, 0.1) is 99.4 Å². The molecule has 0 amide bonds. The molecule has 0 aromatic heterocycles. The Hall–Kier alpha value is -6.01. The molecule has 1 nitrogen and oxygen atoms in total. The Morgan fingerprint density at radius 1 is 0.552 bits per heavy atom. The van der Waals surface area contributed by atoms with Gasteiger partial charge in [-0.25, -0.2) is 22.6 Å². The normalized spacial score (nSPS) is 15.7. The number of benzene rings is 6. The average Bonchev–Trinajstić information content (AvgIpc) is 3.68. The van der Waals surface area contributed by atoms with Gasteiger partial charge in [-0.3, -0.25) is 0 Å². The summed E-state index contributed by atoms with van der Waals surface area (Å²) in [7, 11) is 0. The lowest BCUT2D eigenvalue weighted by atomic mass is 9.50. The third-order valence-corrected chi connectivity index (χ3v) is 14.2. The predicted octanol–water partition coefficient (Wildman–Crippen LogP) is 17.5. The summed E-state index contributed by atoms with van der Waals surface area (Å²) in [6, 6.07) is 20.1. The molecule has 6 aromatic carbocycles. The van der Waals surface area contributed by atoms with E-state index in [0.29, 0.717) is 41.8 Å². The van der Waals surface area contributed by atoms with Crippen molar-refractivity contribution >= 4 is 46.0 Å². The highest BCUT2D eigenvalue weighted by Gasteiger charge is 2.40. The molecule has 1 heterocycles. The molecule has 0 saturated carbocycles. The molecule has 67 heavy (non-hydrogen) atoms. The molecule has 0 spiro atoms. The van der Waals surface area contributed by atoms with Gasteiger partial charge < -0.3 is 0 Å². The Balaban J connectivity index is 1.55. The van der Waals surface area contributed by atoms with Crippen molar-refractivity contribution < 1.29 is 17.6 Å². The third-order valence-electron chi connectivity index (χ3n) is 14.2. The molecule has 2 aliphatic rings. The zero-order chi connectivity index (χ0) is 48.7. The number of rotatable bonds is 9. The van der Waals surface area contributed by atoms with Gasteiger partial charge in [-0.1, -0.05) is 96.8 Å². The van der Waals surface area contributed by atoms with Crippen molar-refractivity contribution in [1.29, 1.82) is 0 Å². The van der Waals surface area contributed by atoms with Gasteiger partial charge in [0.15, 0.2) is 23.3 Å². The molecule has 1 aliphatic carbocycles. The van der Waals surface area contributed by atoms with Crippen LogP contribution in [0.25, 0.3) is 44.7 Å². The van der Waals surface area contributed by atoms with Crippen LogP contribution in [0.2, 0.25) is 20.0 Å². The second kappa shape index (κ2) is 17.9. The zero-order valence-corrected chi connectivity index (χ0v) is 42.0. The van der Waals surface area contributed by atoms with Crippen molar-refractivity contribution in [3.05, 3.63) is 196 Å². The maximum atomic E-state index is 17.1. The highest BCUT2D eigenvalue weighted by atomic mass is 19.2. The highest BCUT2D eigenvalue weighted by Crippen LogP contribution is 2.57. The number of nitrogens with zero attached hydrogens (tertiary/aromatic N) is 1. The van der Waals surface area contributed by atoms with Gasteiger partial charge in [-0.15, -0.1) is 0 Å². The number of aliphatic imine (C=N–C) groups is 1. The smallest absolute Gasteiger partial charge is 0.169 e. The monoisotopic (exact) mass is 895 g/mol. The Kier molecular flexibility index (Phi) is 12.7. The minimum Gasteiger partial charge on any atom is -0.247 e. The summed E-state index contributed by atoms with van der Waals surface area (Å²) in [4.78, 5) is 5.42. The average molecular weight is 896 g/mol. The van der Waals surface area contributed by atoms with Crippen LogP contribution in [0.5, 0.6) is 0 Å². The van der Waals surface area contributed by atoms with E-state index in [9.17, 15) is 0 Å². The van der Waals surface area contributed by atoms with E-state index in [2.05, 4.69) is 150 Å².